The predicted octanol–water partition coefficient (Wildman–Crippen LogP) is 1.77. The molecule has 0 radical (unpaired) electrons. The first-order valence-corrected chi connectivity index (χ1v) is 4.92. The lowest BCUT2D eigenvalue weighted by Crippen LogP contribution is -2.18. The molecule has 3 nitrogen and oxygen atoms in total. The second kappa shape index (κ2) is 4.94. The Hall–Kier alpha value is -1.35. The Morgan fingerprint density at radius 1 is 1.33 bits per heavy atom. The third-order valence-corrected chi connectivity index (χ3v) is 2.78. The Bertz CT molecular complexity index is 361. The summed E-state index contributed by atoms with van der Waals surface area (Å²) in [7, 11) is 3.43. The van der Waals surface area contributed by atoms with E-state index in [1.807, 2.05) is 26.0 Å². The van der Waals surface area contributed by atoms with Gasteiger partial charge in [-0.15, -0.1) is 0 Å². The normalized spacial score (nSPS) is 12.3. The second-order valence-corrected chi connectivity index (χ2v) is 3.51. The molecule has 0 aliphatic carbocycles. The molecule has 1 unspecified atom stereocenters. The Labute approximate surface area is 90.4 Å². The van der Waals surface area contributed by atoms with Crippen LogP contribution in [0.1, 0.15) is 22.7 Å². The number of aldehydes is 1. The van der Waals surface area contributed by atoms with Crippen LogP contribution in [0, 0.1) is 13.8 Å². The van der Waals surface area contributed by atoms with Crippen molar-refractivity contribution in [1.82, 2.24) is 5.32 Å². The first-order chi connectivity index (χ1) is 7.15. The molecule has 15 heavy (non-hydrogen) atoms. The van der Waals surface area contributed by atoms with E-state index in [1.165, 1.54) is 0 Å². The third kappa shape index (κ3) is 2.18. The molecule has 1 aromatic rings. The second-order valence-electron chi connectivity index (χ2n) is 3.51. The van der Waals surface area contributed by atoms with Crippen molar-refractivity contribution in [3.05, 3.63) is 28.8 Å². The number of carbonyl (C=O) groups is 1. The first kappa shape index (κ1) is 11.7. The van der Waals surface area contributed by atoms with Crippen LogP contribution in [-0.4, -0.2) is 20.4 Å². The van der Waals surface area contributed by atoms with Gasteiger partial charge in [0, 0.05) is 0 Å². The minimum absolute atomic E-state index is 0.241. The van der Waals surface area contributed by atoms with Crippen LogP contribution in [-0.2, 0) is 4.79 Å². The van der Waals surface area contributed by atoms with E-state index in [0.29, 0.717) is 0 Å². The maximum absolute atomic E-state index is 10.9. The van der Waals surface area contributed by atoms with E-state index >= 15 is 0 Å². The Balaban J connectivity index is 3.21. The Kier molecular flexibility index (Phi) is 3.86. The highest BCUT2D eigenvalue weighted by Crippen LogP contribution is 2.26. The smallest absolute Gasteiger partial charge is 0.141 e. The van der Waals surface area contributed by atoms with Gasteiger partial charge in [-0.05, 0) is 43.7 Å². The SMILES string of the molecule is CNC(C=O)c1ccc(OC)c(C)c1C. The van der Waals surface area contributed by atoms with Gasteiger partial charge in [-0.25, -0.2) is 0 Å². The average Bonchev–Trinajstić information content (AvgIpc) is 2.26. The van der Waals surface area contributed by atoms with Gasteiger partial charge in [-0.3, -0.25) is 0 Å². The van der Waals surface area contributed by atoms with E-state index in [1.54, 1.807) is 14.2 Å². The summed E-state index contributed by atoms with van der Waals surface area (Å²) < 4.78 is 5.22. The van der Waals surface area contributed by atoms with Crippen molar-refractivity contribution in [2.45, 2.75) is 19.9 Å². The Morgan fingerprint density at radius 2 is 2.00 bits per heavy atom. The van der Waals surface area contributed by atoms with E-state index in [4.69, 9.17) is 4.74 Å². The maximum atomic E-state index is 10.9. The summed E-state index contributed by atoms with van der Waals surface area (Å²) in [5.41, 5.74) is 3.18. The molecule has 82 valence electrons. The molecule has 1 N–H and O–H groups in total. The predicted molar refractivity (Wildman–Crippen MR) is 60.3 cm³/mol. The van der Waals surface area contributed by atoms with Gasteiger partial charge in [-0.1, -0.05) is 6.07 Å². The van der Waals surface area contributed by atoms with E-state index < -0.39 is 0 Å². The number of ether oxygens (including phenoxy) is 1. The number of hydrogen-bond acceptors (Lipinski definition) is 3. The summed E-state index contributed by atoms with van der Waals surface area (Å²) in [5.74, 6) is 0.858. The molecule has 1 atom stereocenters. The van der Waals surface area contributed by atoms with Crippen LogP contribution in [0.3, 0.4) is 0 Å². The quantitative estimate of drug-likeness (QED) is 0.765. The lowest BCUT2D eigenvalue weighted by atomic mass is 9.97. The summed E-state index contributed by atoms with van der Waals surface area (Å²) in [6, 6.07) is 3.58. The van der Waals surface area contributed by atoms with Crippen LogP contribution < -0.4 is 10.1 Å². The van der Waals surface area contributed by atoms with Crippen LogP contribution in [0.15, 0.2) is 12.1 Å². The fourth-order valence-corrected chi connectivity index (χ4v) is 1.67. The number of benzene rings is 1. The average molecular weight is 207 g/mol. The van der Waals surface area contributed by atoms with Gasteiger partial charge in [0.1, 0.15) is 12.0 Å². The molecule has 0 bridgehead atoms. The number of carbonyl (C=O) groups excluding carboxylic acids is 1. The third-order valence-electron chi connectivity index (χ3n) is 2.78. The molecule has 0 amide bonds. The van der Waals surface area contributed by atoms with E-state index in [9.17, 15) is 4.79 Å². The largest absolute Gasteiger partial charge is 0.496 e. The summed E-state index contributed by atoms with van der Waals surface area (Å²) >= 11 is 0. The molecule has 1 aromatic carbocycles. The molecule has 0 aromatic heterocycles. The van der Waals surface area contributed by atoms with Crippen molar-refractivity contribution in [2.24, 2.45) is 0 Å². The highest BCUT2D eigenvalue weighted by molar-refractivity contribution is 5.63. The molecule has 0 heterocycles. The van der Waals surface area contributed by atoms with Crippen LogP contribution in [0.4, 0.5) is 0 Å². The van der Waals surface area contributed by atoms with Crippen molar-refractivity contribution in [3.8, 4) is 5.75 Å². The minimum atomic E-state index is -0.241. The van der Waals surface area contributed by atoms with Gasteiger partial charge in [0.05, 0.1) is 13.2 Å². The fraction of sp³-hybridized carbons (Fsp3) is 0.417. The van der Waals surface area contributed by atoms with Crippen LogP contribution in [0.2, 0.25) is 0 Å². The number of methoxy groups -OCH3 is 1. The molecule has 0 aliphatic rings. The van der Waals surface area contributed by atoms with Gasteiger partial charge >= 0.3 is 0 Å². The molecule has 0 fully saturated rings. The van der Waals surface area contributed by atoms with E-state index in [0.717, 1.165) is 28.7 Å². The molecule has 0 saturated carbocycles. The number of nitrogens with one attached hydrogen (secondary N) is 1. The highest BCUT2D eigenvalue weighted by atomic mass is 16.5. The maximum Gasteiger partial charge on any atom is 0.141 e. The minimum Gasteiger partial charge on any atom is -0.496 e. The number of rotatable bonds is 4. The zero-order valence-electron chi connectivity index (χ0n) is 9.63. The number of likely N-dealkylation sites (N-methyl/N-ethyl adjacent to an activating group) is 1. The molecular weight excluding hydrogens is 190 g/mol. The van der Waals surface area contributed by atoms with E-state index in [-0.39, 0.29) is 6.04 Å². The lowest BCUT2D eigenvalue weighted by molar-refractivity contribution is -0.109. The monoisotopic (exact) mass is 207 g/mol. The highest BCUT2D eigenvalue weighted by Gasteiger charge is 2.13. The van der Waals surface area contributed by atoms with Crippen molar-refractivity contribution in [2.75, 3.05) is 14.2 Å². The first-order valence-electron chi connectivity index (χ1n) is 4.92. The molecule has 3 heteroatoms. The lowest BCUT2D eigenvalue weighted by Gasteiger charge is -2.16. The summed E-state index contributed by atoms with van der Waals surface area (Å²) in [5, 5.41) is 2.96. The van der Waals surface area contributed by atoms with E-state index in [2.05, 4.69) is 5.32 Å². The zero-order valence-corrected chi connectivity index (χ0v) is 9.63. The molecule has 0 aliphatic heterocycles. The fourth-order valence-electron chi connectivity index (χ4n) is 1.67. The van der Waals surface area contributed by atoms with Gasteiger partial charge < -0.3 is 14.8 Å². The zero-order chi connectivity index (χ0) is 11.4. The van der Waals surface area contributed by atoms with Gasteiger partial charge in [0.2, 0.25) is 0 Å². The van der Waals surface area contributed by atoms with Crippen molar-refractivity contribution >= 4 is 6.29 Å². The van der Waals surface area contributed by atoms with Crippen LogP contribution in [0.5, 0.6) is 5.75 Å². The Morgan fingerprint density at radius 3 is 2.47 bits per heavy atom. The summed E-state index contributed by atoms with van der Waals surface area (Å²) in [6.45, 7) is 4.00. The summed E-state index contributed by atoms with van der Waals surface area (Å²) in [4.78, 5) is 10.9. The standard InChI is InChI=1S/C12H17NO2/c1-8-9(2)12(15-4)6-5-10(8)11(7-14)13-3/h5-7,11,13H,1-4H3. The molecule has 0 saturated heterocycles. The topological polar surface area (TPSA) is 38.3 Å². The molecule has 0 spiro atoms. The van der Waals surface area contributed by atoms with Gasteiger partial charge in [0.15, 0.2) is 0 Å². The van der Waals surface area contributed by atoms with Crippen molar-refractivity contribution in [1.29, 1.82) is 0 Å². The summed E-state index contributed by atoms with van der Waals surface area (Å²) in [6.07, 6.45) is 0.911. The van der Waals surface area contributed by atoms with Crippen molar-refractivity contribution in [3.63, 3.8) is 0 Å². The molecular formula is C12H17NO2. The van der Waals surface area contributed by atoms with Crippen LogP contribution in [0.25, 0.3) is 0 Å². The molecule has 1 rings (SSSR count). The van der Waals surface area contributed by atoms with Gasteiger partial charge in [-0.2, -0.15) is 0 Å². The number of hydrogen-bond donors (Lipinski definition) is 1. The van der Waals surface area contributed by atoms with Crippen LogP contribution >= 0.6 is 0 Å². The van der Waals surface area contributed by atoms with Crippen molar-refractivity contribution < 1.29 is 9.53 Å². The van der Waals surface area contributed by atoms with Gasteiger partial charge in [0.25, 0.3) is 0 Å².